The Hall–Kier alpha value is -0.570. The summed E-state index contributed by atoms with van der Waals surface area (Å²) in [6.07, 6.45) is 3.98. The minimum atomic E-state index is -0.534. The summed E-state index contributed by atoms with van der Waals surface area (Å²) in [6.45, 7) is 5.99. The molecule has 0 aromatic heterocycles. The van der Waals surface area contributed by atoms with Crippen molar-refractivity contribution in [3.05, 3.63) is 34.9 Å². The molecule has 0 heterocycles. The molecule has 2 nitrogen and oxygen atoms in total. The van der Waals surface area contributed by atoms with Crippen molar-refractivity contribution in [1.29, 1.82) is 0 Å². The molecule has 1 aliphatic carbocycles. The monoisotopic (exact) mass is 281 g/mol. The van der Waals surface area contributed by atoms with E-state index in [1.165, 1.54) is 0 Å². The summed E-state index contributed by atoms with van der Waals surface area (Å²) in [5, 5.41) is 14.7. The smallest absolute Gasteiger partial charge is 0.0772 e. The van der Waals surface area contributed by atoms with Crippen LogP contribution >= 0.6 is 11.6 Å². The zero-order valence-electron chi connectivity index (χ0n) is 11.9. The molecule has 106 valence electrons. The molecule has 0 saturated heterocycles. The van der Waals surface area contributed by atoms with Crippen molar-refractivity contribution in [2.24, 2.45) is 5.41 Å². The topological polar surface area (TPSA) is 32.3 Å². The molecule has 0 atom stereocenters. The fraction of sp³-hybridized carbons (Fsp3) is 0.625. The fourth-order valence-electron chi connectivity index (χ4n) is 2.66. The highest BCUT2D eigenvalue weighted by Crippen LogP contribution is 2.39. The number of nitrogens with one attached hydrogen (secondary N) is 1. The standard InChI is InChI=1S/C16H24ClNO/c1-15(2)6-8-16(19,9-7-15)12-18-11-13-4-3-5-14(17)10-13/h3-5,10,18-19H,6-9,11-12H2,1-2H3. The molecule has 0 unspecified atom stereocenters. The van der Waals surface area contributed by atoms with Gasteiger partial charge in [0.05, 0.1) is 5.60 Å². The molecule has 1 aromatic carbocycles. The summed E-state index contributed by atoms with van der Waals surface area (Å²) >= 11 is 5.95. The van der Waals surface area contributed by atoms with Gasteiger partial charge in [-0.1, -0.05) is 37.6 Å². The van der Waals surface area contributed by atoms with Gasteiger partial charge in [-0.25, -0.2) is 0 Å². The maximum Gasteiger partial charge on any atom is 0.0772 e. The van der Waals surface area contributed by atoms with Crippen LogP contribution in [0.2, 0.25) is 5.02 Å². The van der Waals surface area contributed by atoms with E-state index in [1.54, 1.807) is 0 Å². The summed E-state index contributed by atoms with van der Waals surface area (Å²) in [6, 6.07) is 7.84. The van der Waals surface area contributed by atoms with Crippen LogP contribution in [0.3, 0.4) is 0 Å². The molecule has 1 saturated carbocycles. The third-order valence-corrected chi connectivity index (χ3v) is 4.44. The third kappa shape index (κ3) is 4.48. The number of rotatable bonds is 4. The van der Waals surface area contributed by atoms with E-state index in [2.05, 4.69) is 19.2 Å². The molecule has 0 radical (unpaired) electrons. The summed E-state index contributed by atoms with van der Waals surface area (Å²) < 4.78 is 0. The number of benzene rings is 1. The zero-order valence-corrected chi connectivity index (χ0v) is 12.6. The van der Waals surface area contributed by atoms with Gasteiger partial charge in [-0.3, -0.25) is 0 Å². The van der Waals surface area contributed by atoms with Crippen LogP contribution in [0.5, 0.6) is 0 Å². The number of aliphatic hydroxyl groups is 1. The highest BCUT2D eigenvalue weighted by Gasteiger charge is 2.36. The van der Waals surface area contributed by atoms with Crippen molar-refractivity contribution in [3.8, 4) is 0 Å². The number of halogens is 1. The Bertz CT molecular complexity index is 421. The molecule has 1 aliphatic rings. The summed E-state index contributed by atoms with van der Waals surface area (Å²) in [5.41, 5.74) is 1.01. The van der Waals surface area contributed by atoms with Crippen molar-refractivity contribution in [2.45, 2.75) is 51.7 Å². The first kappa shape index (κ1) is 14.8. The Morgan fingerprint density at radius 2 is 1.89 bits per heavy atom. The van der Waals surface area contributed by atoms with Crippen LogP contribution in [0.1, 0.15) is 45.1 Å². The van der Waals surface area contributed by atoms with E-state index in [1.807, 2.05) is 24.3 Å². The Morgan fingerprint density at radius 1 is 1.21 bits per heavy atom. The van der Waals surface area contributed by atoms with Crippen molar-refractivity contribution in [3.63, 3.8) is 0 Å². The lowest BCUT2D eigenvalue weighted by Crippen LogP contribution is -2.44. The first-order valence-corrected chi connectivity index (χ1v) is 7.44. The Kier molecular flexibility index (Phi) is 4.54. The van der Waals surface area contributed by atoms with Crippen LogP contribution in [-0.4, -0.2) is 17.3 Å². The van der Waals surface area contributed by atoms with Gasteiger partial charge in [0.1, 0.15) is 0 Å². The lowest BCUT2D eigenvalue weighted by molar-refractivity contribution is -0.0245. The van der Waals surface area contributed by atoms with Crippen LogP contribution in [0.4, 0.5) is 0 Å². The molecule has 1 aromatic rings. The summed E-state index contributed by atoms with van der Waals surface area (Å²) in [7, 11) is 0. The van der Waals surface area contributed by atoms with Crippen molar-refractivity contribution in [2.75, 3.05) is 6.54 Å². The fourth-order valence-corrected chi connectivity index (χ4v) is 2.87. The summed E-state index contributed by atoms with van der Waals surface area (Å²) in [4.78, 5) is 0. The van der Waals surface area contributed by atoms with Crippen molar-refractivity contribution < 1.29 is 5.11 Å². The Morgan fingerprint density at radius 3 is 2.53 bits per heavy atom. The first-order valence-electron chi connectivity index (χ1n) is 7.06. The van der Waals surface area contributed by atoms with Gasteiger partial charge in [0.15, 0.2) is 0 Å². The van der Waals surface area contributed by atoms with Crippen LogP contribution in [0, 0.1) is 5.41 Å². The van der Waals surface area contributed by atoms with Crippen LogP contribution in [-0.2, 0) is 6.54 Å². The van der Waals surface area contributed by atoms with Crippen LogP contribution < -0.4 is 5.32 Å². The van der Waals surface area contributed by atoms with E-state index in [0.29, 0.717) is 12.0 Å². The Labute approximate surface area is 121 Å². The van der Waals surface area contributed by atoms with E-state index in [0.717, 1.165) is 42.8 Å². The van der Waals surface area contributed by atoms with Gasteiger partial charge in [-0.15, -0.1) is 0 Å². The highest BCUT2D eigenvalue weighted by molar-refractivity contribution is 6.30. The average molecular weight is 282 g/mol. The van der Waals surface area contributed by atoms with Gasteiger partial charge in [0, 0.05) is 18.1 Å². The Balaban J connectivity index is 1.79. The van der Waals surface area contributed by atoms with E-state index in [-0.39, 0.29) is 0 Å². The van der Waals surface area contributed by atoms with Gasteiger partial charge in [-0.2, -0.15) is 0 Å². The predicted molar refractivity (Wildman–Crippen MR) is 80.4 cm³/mol. The molecule has 0 bridgehead atoms. The zero-order chi connectivity index (χ0) is 13.9. The summed E-state index contributed by atoms with van der Waals surface area (Å²) in [5.74, 6) is 0. The molecule has 19 heavy (non-hydrogen) atoms. The van der Waals surface area contributed by atoms with Gasteiger partial charge in [0.2, 0.25) is 0 Å². The predicted octanol–water partition coefficient (Wildman–Crippen LogP) is 3.76. The van der Waals surface area contributed by atoms with E-state index < -0.39 is 5.60 Å². The molecule has 3 heteroatoms. The first-order chi connectivity index (χ1) is 8.89. The van der Waals surface area contributed by atoms with Gasteiger partial charge >= 0.3 is 0 Å². The van der Waals surface area contributed by atoms with Crippen LogP contribution in [0.25, 0.3) is 0 Å². The lowest BCUT2D eigenvalue weighted by Gasteiger charge is -2.40. The normalized spacial score (nSPS) is 21.3. The quantitative estimate of drug-likeness (QED) is 0.881. The van der Waals surface area contributed by atoms with E-state index >= 15 is 0 Å². The maximum absolute atomic E-state index is 10.5. The number of hydrogen-bond donors (Lipinski definition) is 2. The van der Waals surface area contributed by atoms with Crippen molar-refractivity contribution >= 4 is 11.6 Å². The second kappa shape index (κ2) is 5.82. The van der Waals surface area contributed by atoms with Crippen LogP contribution in [0.15, 0.2) is 24.3 Å². The molecule has 0 spiro atoms. The molecule has 0 amide bonds. The van der Waals surface area contributed by atoms with Gasteiger partial charge in [0.25, 0.3) is 0 Å². The minimum Gasteiger partial charge on any atom is -0.389 e. The largest absolute Gasteiger partial charge is 0.389 e. The molecular weight excluding hydrogens is 258 g/mol. The van der Waals surface area contributed by atoms with E-state index in [9.17, 15) is 5.11 Å². The van der Waals surface area contributed by atoms with Gasteiger partial charge < -0.3 is 10.4 Å². The average Bonchev–Trinajstić information content (AvgIpc) is 2.34. The number of hydrogen-bond acceptors (Lipinski definition) is 2. The SMILES string of the molecule is CC1(C)CCC(O)(CNCc2cccc(Cl)c2)CC1. The van der Waals surface area contributed by atoms with E-state index in [4.69, 9.17) is 11.6 Å². The molecule has 2 N–H and O–H groups in total. The molecule has 0 aliphatic heterocycles. The lowest BCUT2D eigenvalue weighted by atomic mass is 9.71. The highest BCUT2D eigenvalue weighted by atomic mass is 35.5. The third-order valence-electron chi connectivity index (χ3n) is 4.21. The molecule has 2 rings (SSSR count). The second-order valence-electron chi connectivity index (χ2n) is 6.62. The molecular formula is C16H24ClNO. The maximum atomic E-state index is 10.5. The van der Waals surface area contributed by atoms with Crippen molar-refractivity contribution in [1.82, 2.24) is 5.32 Å². The van der Waals surface area contributed by atoms with Gasteiger partial charge in [-0.05, 0) is 48.8 Å². The second-order valence-corrected chi connectivity index (χ2v) is 7.06. The minimum absolute atomic E-state index is 0.388. The molecule has 1 fully saturated rings.